The Morgan fingerprint density at radius 3 is 2.09 bits per heavy atom. The molecule has 6 nitrogen and oxygen atoms in total. The van der Waals surface area contributed by atoms with Gasteiger partial charge in [-0.1, -0.05) is 46.7 Å². The fourth-order valence-corrected chi connectivity index (χ4v) is 3.84. The molecule has 0 aliphatic rings. The number of hydrogen-bond acceptors (Lipinski definition) is 5. The maximum absolute atomic E-state index is 12.7. The minimum absolute atomic E-state index is 0.0953. The summed E-state index contributed by atoms with van der Waals surface area (Å²) in [4.78, 5) is 31.2. The molecule has 1 aromatic rings. The molecule has 1 atom stereocenters. The standard InChI is InChI=1S/C16H20F3NO3S2.C2HF3O2/c1-11(9-12-3-2-4-13(10-12)16(17,18)19)15(23)20-6-8-25-24-7-5-14(21)22;3-2(4,5)1(6)7/h2-4,10-11H,5-9H2,1H3,(H,20,23)(H,21,22);(H,6,7). The molecule has 1 aromatic carbocycles. The number of rotatable bonds is 10. The van der Waals surface area contributed by atoms with Crippen LogP contribution in [0.5, 0.6) is 0 Å². The Balaban J connectivity index is 0.00000118. The number of aliphatic carboxylic acids is 2. The largest absolute Gasteiger partial charge is 0.490 e. The molecule has 0 aromatic heterocycles. The van der Waals surface area contributed by atoms with Crippen LogP contribution < -0.4 is 5.32 Å². The van der Waals surface area contributed by atoms with Gasteiger partial charge in [0.2, 0.25) is 5.91 Å². The van der Waals surface area contributed by atoms with E-state index in [9.17, 15) is 35.9 Å². The minimum atomic E-state index is -5.08. The fourth-order valence-electron chi connectivity index (χ4n) is 1.96. The molecule has 0 radical (unpaired) electrons. The van der Waals surface area contributed by atoms with Gasteiger partial charge in [0.25, 0.3) is 0 Å². The van der Waals surface area contributed by atoms with Crippen molar-refractivity contribution in [1.29, 1.82) is 0 Å². The molecular formula is C18H21F6NO5S2. The van der Waals surface area contributed by atoms with Crippen LogP contribution in [0.4, 0.5) is 26.3 Å². The predicted molar refractivity (Wildman–Crippen MR) is 108 cm³/mol. The summed E-state index contributed by atoms with van der Waals surface area (Å²) in [5, 5.41) is 18.4. The Morgan fingerprint density at radius 1 is 1.03 bits per heavy atom. The number of nitrogens with one attached hydrogen (secondary N) is 1. The Labute approximate surface area is 187 Å². The van der Waals surface area contributed by atoms with Gasteiger partial charge in [-0.3, -0.25) is 9.59 Å². The van der Waals surface area contributed by atoms with E-state index in [1.165, 1.54) is 27.7 Å². The van der Waals surface area contributed by atoms with E-state index in [4.69, 9.17) is 15.0 Å². The van der Waals surface area contributed by atoms with Crippen LogP contribution in [0.25, 0.3) is 0 Å². The van der Waals surface area contributed by atoms with Crippen molar-refractivity contribution in [3.63, 3.8) is 0 Å². The molecule has 32 heavy (non-hydrogen) atoms. The zero-order valence-corrected chi connectivity index (χ0v) is 18.3. The van der Waals surface area contributed by atoms with Crippen molar-refractivity contribution < 1.29 is 50.9 Å². The summed E-state index contributed by atoms with van der Waals surface area (Å²) in [7, 11) is 2.90. The van der Waals surface area contributed by atoms with Crippen LogP contribution in [0.2, 0.25) is 0 Å². The number of hydrogen-bond donors (Lipinski definition) is 3. The van der Waals surface area contributed by atoms with Crippen molar-refractivity contribution in [2.45, 2.75) is 32.1 Å². The second kappa shape index (κ2) is 14.1. The average Bonchev–Trinajstić information content (AvgIpc) is 2.66. The van der Waals surface area contributed by atoms with Gasteiger partial charge in [0.05, 0.1) is 12.0 Å². The number of alkyl halides is 6. The third-order valence-electron chi connectivity index (χ3n) is 3.45. The molecule has 0 bridgehead atoms. The van der Waals surface area contributed by atoms with Gasteiger partial charge in [0.1, 0.15) is 0 Å². The van der Waals surface area contributed by atoms with Crippen LogP contribution in [-0.4, -0.2) is 52.3 Å². The lowest BCUT2D eigenvalue weighted by molar-refractivity contribution is -0.192. The first kappa shape index (κ1) is 29.9. The number of carboxylic acid groups (broad SMARTS) is 2. The molecule has 1 unspecified atom stereocenters. The Kier molecular flexibility index (Phi) is 13.2. The first-order chi connectivity index (χ1) is 14.6. The van der Waals surface area contributed by atoms with Gasteiger partial charge in [-0.2, -0.15) is 26.3 Å². The number of carbonyl (C=O) groups is 3. The summed E-state index contributed by atoms with van der Waals surface area (Å²) in [5.41, 5.74) is -0.247. The molecule has 0 saturated heterocycles. The summed E-state index contributed by atoms with van der Waals surface area (Å²) < 4.78 is 69.8. The highest BCUT2D eigenvalue weighted by molar-refractivity contribution is 8.76. The molecule has 182 valence electrons. The Morgan fingerprint density at radius 2 is 1.59 bits per heavy atom. The number of benzene rings is 1. The van der Waals surface area contributed by atoms with Gasteiger partial charge >= 0.3 is 24.3 Å². The number of carboxylic acids is 2. The molecule has 1 amide bonds. The van der Waals surface area contributed by atoms with Crippen LogP contribution in [0.3, 0.4) is 0 Å². The highest BCUT2D eigenvalue weighted by atomic mass is 33.1. The van der Waals surface area contributed by atoms with E-state index in [1.807, 2.05) is 0 Å². The highest BCUT2D eigenvalue weighted by Gasteiger charge is 2.38. The molecule has 0 spiro atoms. The normalized spacial score (nSPS) is 12.3. The van der Waals surface area contributed by atoms with Gasteiger partial charge in [-0.15, -0.1) is 0 Å². The third kappa shape index (κ3) is 14.1. The first-order valence-electron chi connectivity index (χ1n) is 8.84. The quantitative estimate of drug-likeness (QED) is 0.243. The van der Waals surface area contributed by atoms with E-state index in [0.29, 0.717) is 23.6 Å². The minimum Gasteiger partial charge on any atom is -0.481 e. The smallest absolute Gasteiger partial charge is 0.481 e. The van der Waals surface area contributed by atoms with Gasteiger partial charge in [0, 0.05) is 24.0 Å². The molecule has 0 heterocycles. The second-order valence-electron chi connectivity index (χ2n) is 6.18. The predicted octanol–water partition coefficient (Wildman–Crippen LogP) is 4.49. The van der Waals surface area contributed by atoms with Crippen molar-refractivity contribution in [1.82, 2.24) is 5.32 Å². The summed E-state index contributed by atoms with van der Waals surface area (Å²) in [5.74, 6) is -3.12. The van der Waals surface area contributed by atoms with Gasteiger partial charge in [-0.25, -0.2) is 4.79 Å². The van der Waals surface area contributed by atoms with Crippen LogP contribution >= 0.6 is 21.6 Å². The lowest BCUT2D eigenvalue weighted by Gasteiger charge is -2.13. The van der Waals surface area contributed by atoms with E-state index in [2.05, 4.69) is 5.32 Å². The van der Waals surface area contributed by atoms with Crippen LogP contribution in [-0.2, 0) is 27.0 Å². The maximum atomic E-state index is 12.7. The second-order valence-corrected chi connectivity index (χ2v) is 8.89. The van der Waals surface area contributed by atoms with E-state index in [-0.39, 0.29) is 18.7 Å². The molecule has 3 N–H and O–H groups in total. The van der Waals surface area contributed by atoms with Crippen molar-refractivity contribution in [3.05, 3.63) is 35.4 Å². The number of amides is 1. The van der Waals surface area contributed by atoms with Gasteiger partial charge < -0.3 is 15.5 Å². The van der Waals surface area contributed by atoms with Crippen LogP contribution in [0.15, 0.2) is 24.3 Å². The van der Waals surface area contributed by atoms with E-state index in [1.54, 1.807) is 13.0 Å². The molecule has 1 rings (SSSR count). The van der Waals surface area contributed by atoms with E-state index < -0.39 is 35.8 Å². The Bertz CT molecular complexity index is 758. The fraction of sp³-hybridized carbons (Fsp3) is 0.500. The van der Waals surface area contributed by atoms with Crippen molar-refractivity contribution in [3.8, 4) is 0 Å². The van der Waals surface area contributed by atoms with Crippen molar-refractivity contribution >= 4 is 39.4 Å². The summed E-state index contributed by atoms with van der Waals surface area (Å²) in [6.45, 7) is 2.10. The van der Waals surface area contributed by atoms with Crippen molar-refractivity contribution in [2.24, 2.45) is 5.92 Å². The zero-order valence-electron chi connectivity index (χ0n) is 16.6. The first-order valence-corrected chi connectivity index (χ1v) is 11.3. The number of carbonyl (C=O) groups excluding carboxylic acids is 1. The topological polar surface area (TPSA) is 104 Å². The summed E-state index contributed by atoms with van der Waals surface area (Å²) in [6.07, 6.45) is -9.15. The molecule has 14 heteroatoms. The van der Waals surface area contributed by atoms with Crippen molar-refractivity contribution in [2.75, 3.05) is 18.1 Å². The van der Waals surface area contributed by atoms with E-state index >= 15 is 0 Å². The average molecular weight is 509 g/mol. The summed E-state index contributed by atoms with van der Waals surface area (Å²) >= 11 is 0. The van der Waals surface area contributed by atoms with Gasteiger partial charge in [-0.05, 0) is 18.1 Å². The Hall–Kier alpha value is -2.09. The highest BCUT2D eigenvalue weighted by Crippen LogP contribution is 2.30. The molecule has 0 fully saturated rings. The lowest BCUT2D eigenvalue weighted by atomic mass is 9.98. The zero-order chi connectivity index (χ0) is 24.9. The summed E-state index contributed by atoms with van der Waals surface area (Å²) in [6, 6.07) is 4.99. The monoisotopic (exact) mass is 509 g/mol. The SMILES string of the molecule is CC(Cc1cccc(C(F)(F)F)c1)C(=O)NCCSSCCC(=O)O.O=C(O)C(F)(F)F. The van der Waals surface area contributed by atoms with Crippen LogP contribution in [0.1, 0.15) is 24.5 Å². The maximum Gasteiger partial charge on any atom is 0.490 e. The van der Waals surface area contributed by atoms with E-state index in [0.717, 1.165) is 12.1 Å². The number of halogens is 6. The molecular weight excluding hydrogens is 488 g/mol. The molecule has 0 aliphatic heterocycles. The lowest BCUT2D eigenvalue weighted by Crippen LogP contribution is -2.31. The molecule has 0 aliphatic carbocycles. The van der Waals surface area contributed by atoms with Crippen LogP contribution in [0, 0.1) is 5.92 Å². The van der Waals surface area contributed by atoms with Gasteiger partial charge in [0.15, 0.2) is 0 Å². The molecule has 0 saturated carbocycles. The third-order valence-corrected chi connectivity index (χ3v) is 5.86.